The Morgan fingerprint density at radius 1 is 1.30 bits per heavy atom. The molecule has 7 nitrogen and oxygen atoms in total. The zero-order valence-corrected chi connectivity index (χ0v) is 11.7. The molecule has 0 saturated heterocycles. The highest BCUT2D eigenvalue weighted by Gasteiger charge is 2.20. The van der Waals surface area contributed by atoms with E-state index in [1.165, 1.54) is 24.3 Å². The van der Waals surface area contributed by atoms with Crippen molar-refractivity contribution in [1.29, 1.82) is 0 Å². The monoisotopic (exact) mass is 300 g/mol. The van der Waals surface area contributed by atoms with Crippen LogP contribution in [0, 0.1) is 5.92 Å². The van der Waals surface area contributed by atoms with Crippen LogP contribution in [-0.2, 0) is 14.8 Å². The Bertz CT molecular complexity index is 595. The molecule has 0 aliphatic rings. The Morgan fingerprint density at radius 2 is 1.85 bits per heavy atom. The van der Waals surface area contributed by atoms with Gasteiger partial charge in [0.05, 0.1) is 10.8 Å². The lowest BCUT2D eigenvalue weighted by Gasteiger charge is -2.11. The maximum absolute atomic E-state index is 11.9. The predicted octanol–water partition coefficient (Wildman–Crippen LogP) is 0.175. The van der Waals surface area contributed by atoms with Gasteiger partial charge < -0.3 is 10.8 Å². The number of hydrogen-bond acceptors (Lipinski definition) is 4. The Labute approximate surface area is 116 Å². The van der Waals surface area contributed by atoms with Gasteiger partial charge in [-0.25, -0.2) is 13.1 Å². The lowest BCUT2D eigenvalue weighted by atomic mass is 10.1. The number of carboxylic acid groups (broad SMARTS) is 1. The molecule has 4 N–H and O–H groups in total. The van der Waals surface area contributed by atoms with Gasteiger partial charge in [-0.2, -0.15) is 0 Å². The first kappa shape index (κ1) is 16.1. The summed E-state index contributed by atoms with van der Waals surface area (Å²) in [7, 11) is -3.81. The van der Waals surface area contributed by atoms with Crippen molar-refractivity contribution in [3.05, 3.63) is 29.8 Å². The highest BCUT2D eigenvalue weighted by atomic mass is 32.2. The maximum Gasteiger partial charge on any atom is 0.307 e. The van der Waals surface area contributed by atoms with Crippen LogP contribution in [-0.4, -0.2) is 31.9 Å². The van der Waals surface area contributed by atoms with E-state index in [4.69, 9.17) is 10.8 Å². The minimum Gasteiger partial charge on any atom is -0.481 e. The van der Waals surface area contributed by atoms with Gasteiger partial charge in [0.1, 0.15) is 0 Å². The Hall–Kier alpha value is -1.93. The first-order chi connectivity index (χ1) is 9.27. The van der Waals surface area contributed by atoms with Crippen molar-refractivity contribution >= 4 is 21.9 Å². The third-order valence-electron chi connectivity index (χ3n) is 2.81. The standard InChI is InChI=1S/C12H16N2O5S/c1-2-8(12(16)17)7-14-20(18,19)10-5-3-9(4-6-10)11(13)15/h3-6,8,14H,2,7H2,1H3,(H2,13,15)(H,16,17). The molecule has 20 heavy (non-hydrogen) atoms. The Morgan fingerprint density at radius 3 is 2.25 bits per heavy atom. The number of primary amides is 1. The van der Waals surface area contributed by atoms with E-state index in [-0.39, 0.29) is 17.0 Å². The normalized spacial score (nSPS) is 12.8. The van der Waals surface area contributed by atoms with E-state index in [2.05, 4.69) is 4.72 Å². The topological polar surface area (TPSA) is 127 Å². The van der Waals surface area contributed by atoms with Crippen LogP contribution < -0.4 is 10.5 Å². The molecule has 0 bridgehead atoms. The van der Waals surface area contributed by atoms with Gasteiger partial charge >= 0.3 is 5.97 Å². The Kier molecular flexibility index (Phi) is 5.23. The SMILES string of the molecule is CCC(CNS(=O)(=O)c1ccc(C(N)=O)cc1)C(=O)O. The van der Waals surface area contributed by atoms with Crippen LogP contribution in [0.2, 0.25) is 0 Å². The molecule has 0 aromatic heterocycles. The smallest absolute Gasteiger partial charge is 0.307 e. The second-order valence-corrected chi connectivity index (χ2v) is 5.95. The first-order valence-corrected chi connectivity index (χ1v) is 7.38. The van der Waals surface area contributed by atoms with Gasteiger partial charge in [-0.05, 0) is 30.7 Å². The van der Waals surface area contributed by atoms with E-state index in [0.29, 0.717) is 6.42 Å². The third kappa shape index (κ3) is 4.04. The van der Waals surface area contributed by atoms with Crippen LogP contribution in [0.4, 0.5) is 0 Å². The third-order valence-corrected chi connectivity index (χ3v) is 4.25. The zero-order chi connectivity index (χ0) is 15.3. The van der Waals surface area contributed by atoms with E-state index in [1.54, 1.807) is 6.92 Å². The van der Waals surface area contributed by atoms with E-state index < -0.39 is 27.8 Å². The average molecular weight is 300 g/mol. The Balaban J connectivity index is 2.83. The summed E-state index contributed by atoms with van der Waals surface area (Å²) < 4.78 is 26.1. The highest BCUT2D eigenvalue weighted by Crippen LogP contribution is 2.11. The molecule has 1 atom stereocenters. The van der Waals surface area contributed by atoms with Crippen LogP contribution in [0.5, 0.6) is 0 Å². The number of rotatable bonds is 7. The summed E-state index contributed by atoms with van der Waals surface area (Å²) in [5, 5.41) is 8.85. The molecule has 0 aliphatic carbocycles. The molecule has 0 saturated carbocycles. The number of carbonyl (C=O) groups excluding carboxylic acids is 1. The van der Waals surface area contributed by atoms with E-state index in [9.17, 15) is 18.0 Å². The van der Waals surface area contributed by atoms with Gasteiger partial charge in [0, 0.05) is 12.1 Å². The summed E-state index contributed by atoms with van der Waals surface area (Å²) in [4.78, 5) is 21.6. The second-order valence-electron chi connectivity index (χ2n) is 4.18. The summed E-state index contributed by atoms with van der Waals surface area (Å²) in [6.45, 7) is 1.47. The van der Waals surface area contributed by atoms with Gasteiger partial charge in [-0.1, -0.05) is 6.92 Å². The lowest BCUT2D eigenvalue weighted by Crippen LogP contribution is -2.32. The number of carboxylic acids is 1. The summed E-state index contributed by atoms with van der Waals surface area (Å²) in [6, 6.07) is 5.07. The van der Waals surface area contributed by atoms with Crippen molar-refractivity contribution < 1.29 is 23.1 Å². The number of hydrogen-bond donors (Lipinski definition) is 3. The predicted molar refractivity (Wildman–Crippen MR) is 71.6 cm³/mol. The highest BCUT2D eigenvalue weighted by molar-refractivity contribution is 7.89. The van der Waals surface area contributed by atoms with Crippen molar-refractivity contribution in [3.63, 3.8) is 0 Å². The molecule has 1 unspecified atom stereocenters. The van der Waals surface area contributed by atoms with Gasteiger partial charge in [-0.3, -0.25) is 9.59 Å². The first-order valence-electron chi connectivity index (χ1n) is 5.90. The van der Waals surface area contributed by atoms with Crippen LogP contribution >= 0.6 is 0 Å². The summed E-state index contributed by atoms with van der Waals surface area (Å²) >= 11 is 0. The fourth-order valence-electron chi connectivity index (χ4n) is 1.50. The molecule has 1 aromatic rings. The number of amides is 1. The van der Waals surface area contributed by atoms with E-state index in [1.807, 2.05) is 0 Å². The van der Waals surface area contributed by atoms with Crippen LogP contribution in [0.3, 0.4) is 0 Å². The van der Waals surface area contributed by atoms with Gasteiger partial charge in [0.2, 0.25) is 15.9 Å². The molecule has 8 heteroatoms. The molecule has 1 amide bonds. The molecular weight excluding hydrogens is 284 g/mol. The fraction of sp³-hybridized carbons (Fsp3) is 0.333. The van der Waals surface area contributed by atoms with E-state index in [0.717, 1.165) is 0 Å². The van der Waals surface area contributed by atoms with Crippen LogP contribution in [0.1, 0.15) is 23.7 Å². The molecule has 0 aliphatic heterocycles. The zero-order valence-electron chi connectivity index (χ0n) is 10.9. The van der Waals surface area contributed by atoms with Crippen molar-refractivity contribution in [2.24, 2.45) is 11.7 Å². The summed E-state index contributed by atoms with van der Waals surface area (Å²) in [5.74, 6) is -2.49. The average Bonchev–Trinajstić information content (AvgIpc) is 2.39. The number of sulfonamides is 1. The number of aliphatic carboxylic acids is 1. The molecule has 1 rings (SSSR count). The van der Waals surface area contributed by atoms with Crippen molar-refractivity contribution in [3.8, 4) is 0 Å². The van der Waals surface area contributed by atoms with Crippen molar-refractivity contribution in [1.82, 2.24) is 4.72 Å². The summed E-state index contributed by atoms with van der Waals surface area (Å²) in [6.07, 6.45) is 0.318. The molecule has 1 aromatic carbocycles. The number of nitrogens with two attached hydrogens (primary N) is 1. The van der Waals surface area contributed by atoms with Gasteiger partial charge in [0.15, 0.2) is 0 Å². The minimum atomic E-state index is -3.81. The number of nitrogens with one attached hydrogen (secondary N) is 1. The van der Waals surface area contributed by atoms with Crippen LogP contribution in [0.25, 0.3) is 0 Å². The molecule has 0 fully saturated rings. The molecule has 110 valence electrons. The largest absolute Gasteiger partial charge is 0.481 e. The maximum atomic E-state index is 11.9. The fourth-order valence-corrected chi connectivity index (χ4v) is 2.58. The summed E-state index contributed by atoms with van der Waals surface area (Å²) in [5.41, 5.74) is 5.25. The van der Waals surface area contributed by atoms with Crippen molar-refractivity contribution in [2.45, 2.75) is 18.2 Å². The molecule has 0 spiro atoms. The molecule has 0 radical (unpaired) electrons. The van der Waals surface area contributed by atoms with Gasteiger partial charge in [0.25, 0.3) is 0 Å². The molecular formula is C12H16N2O5S. The number of benzene rings is 1. The van der Waals surface area contributed by atoms with Crippen LogP contribution in [0.15, 0.2) is 29.2 Å². The van der Waals surface area contributed by atoms with Crippen molar-refractivity contribution in [2.75, 3.05) is 6.54 Å². The lowest BCUT2D eigenvalue weighted by molar-refractivity contribution is -0.141. The van der Waals surface area contributed by atoms with Gasteiger partial charge in [-0.15, -0.1) is 0 Å². The second kappa shape index (κ2) is 6.49. The molecule has 0 heterocycles. The van der Waals surface area contributed by atoms with E-state index >= 15 is 0 Å². The minimum absolute atomic E-state index is 0.0530. The quantitative estimate of drug-likeness (QED) is 0.661. The number of carbonyl (C=O) groups is 2.